The van der Waals surface area contributed by atoms with Crippen molar-refractivity contribution in [2.24, 2.45) is 5.73 Å². The van der Waals surface area contributed by atoms with Crippen molar-refractivity contribution in [2.45, 2.75) is 13.2 Å². The third-order valence-corrected chi connectivity index (χ3v) is 3.20. The number of benzene rings is 2. The highest BCUT2D eigenvalue weighted by atomic mass is 16.5. The summed E-state index contributed by atoms with van der Waals surface area (Å²) >= 11 is 0. The maximum Gasteiger partial charge on any atom is 0.491 e. The summed E-state index contributed by atoms with van der Waals surface area (Å²) in [6, 6.07) is 13.2. The maximum atomic E-state index is 9.56. The average molecular weight is 255 g/mol. The molecule has 2 aromatic carbocycles. The van der Waals surface area contributed by atoms with E-state index in [4.69, 9.17) is 15.1 Å². The van der Waals surface area contributed by atoms with Crippen LogP contribution < -0.4 is 15.9 Å². The number of hydrogen-bond acceptors (Lipinski definition) is 4. The molecule has 5 heteroatoms. The van der Waals surface area contributed by atoms with Crippen LogP contribution in [0.5, 0.6) is 11.5 Å². The van der Waals surface area contributed by atoms with E-state index in [0.29, 0.717) is 13.2 Å². The standard InChI is InChI=1S/C14H14BNO3/c16-8-10-3-1-2-4-14(10)19-12-5-6-13-11(7-12)9-18-15(13)17/h1-7,17H,8-9,16H2. The minimum atomic E-state index is -0.819. The van der Waals surface area contributed by atoms with E-state index >= 15 is 0 Å². The second kappa shape index (κ2) is 5.05. The lowest BCUT2D eigenvalue weighted by Crippen LogP contribution is -2.27. The predicted octanol–water partition coefficient (Wildman–Crippen LogP) is 1.16. The number of para-hydroxylation sites is 1. The third-order valence-electron chi connectivity index (χ3n) is 3.20. The fourth-order valence-electron chi connectivity index (χ4n) is 2.17. The first-order valence-electron chi connectivity index (χ1n) is 6.16. The zero-order valence-corrected chi connectivity index (χ0v) is 10.4. The van der Waals surface area contributed by atoms with Crippen molar-refractivity contribution < 1.29 is 14.4 Å². The summed E-state index contributed by atoms with van der Waals surface area (Å²) in [4.78, 5) is 0. The van der Waals surface area contributed by atoms with Gasteiger partial charge in [-0.25, -0.2) is 0 Å². The SMILES string of the molecule is NCc1ccccc1Oc1ccc2c(c1)COB2O. The summed E-state index contributed by atoms with van der Waals surface area (Å²) in [5.74, 6) is 1.47. The Balaban J connectivity index is 1.88. The molecule has 0 aliphatic carbocycles. The normalized spacial score (nSPS) is 13.5. The first kappa shape index (κ1) is 12.2. The van der Waals surface area contributed by atoms with Gasteiger partial charge in [-0.2, -0.15) is 0 Å². The van der Waals surface area contributed by atoms with E-state index in [9.17, 15) is 5.02 Å². The van der Waals surface area contributed by atoms with Crippen LogP contribution in [0.15, 0.2) is 42.5 Å². The Morgan fingerprint density at radius 2 is 2.11 bits per heavy atom. The van der Waals surface area contributed by atoms with Gasteiger partial charge < -0.3 is 20.1 Å². The quantitative estimate of drug-likeness (QED) is 0.807. The van der Waals surface area contributed by atoms with Crippen LogP contribution in [-0.4, -0.2) is 12.1 Å². The number of nitrogens with two attached hydrogens (primary N) is 1. The Hall–Kier alpha value is -1.82. The summed E-state index contributed by atoms with van der Waals surface area (Å²) in [5.41, 5.74) is 8.40. The van der Waals surface area contributed by atoms with Crippen molar-refractivity contribution in [1.82, 2.24) is 0 Å². The lowest BCUT2D eigenvalue weighted by molar-refractivity contribution is 0.275. The Morgan fingerprint density at radius 3 is 2.95 bits per heavy atom. The van der Waals surface area contributed by atoms with Gasteiger partial charge in [-0.1, -0.05) is 24.3 Å². The fourth-order valence-corrected chi connectivity index (χ4v) is 2.17. The number of fused-ring (bicyclic) bond motifs is 1. The van der Waals surface area contributed by atoms with Crippen molar-refractivity contribution in [3.05, 3.63) is 53.6 Å². The molecule has 1 heterocycles. The van der Waals surface area contributed by atoms with Crippen LogP contribution in [0.1, 0.15) is 11.1 Å². The van der Waals surface area contributed by atoms with Gasteiger partial charge >= 0.3 is 7.12 Å². The van der Waals surface area contributed by atoms with Crippen molar-refractivity contribution >= 4 is 12.6 Å². The Bertz CT molecular complexity index is 603. The molecule has 0 fully saturated rings. The van der Waals surface area contributed by atoms with Gasteiger partial charge in [0, 0.05) is 12.1 Å². The highest BCUT2D eigenvalue weighted by Crippen LogP contribution is 2.26. The highest BCUT2D eigenvalue weighted by Gasteiger charge is 2.27. The molecule has 3 rings (SSSR count). The van der Waals surface area contributed by atoms with Gasteiger partial charge in [-0.05, 0) is 29.2 Å². The largest absolute Gasteiger partial charge is 0.491 e. The third kappa shape index (κ3) is 2.36. The molecule has 0 amide bonds. The molecule has 3 N–H and O–H groups in total. The second-order valence-corrected chi connectivity index (χ2v) is 4.44. The number of ether oxygens (including phenoxy) is 1. The zero-order chi connectivity index (χ0) is 13.2. The molecule has 0 aromatic heterocycles. The lowest BCUT2D eigenvalue weighted by atomic mass is 9.80. The van der Waals surface area contributed by atoms with Crippen molar-refractivity contribution in [3.63, 3.8) is 0 Å². The summed E-state index contributed by atoms with van der Waals surface area (Å²) in [7, 11) is -0.819. The van der Waals surface area contributed by atoms with Gasteiger partial charge in [0.15, 0.2) is 0 Å². The minimum Gasteiger partial charge on any atom is -0.457 e. The van der Waals surface area contributed by atoms with Crippen molar-refractivity contribution in [3.8, 4) is 11.5 Å². The predicted molar refractivity (Wildman–Crippen MR) is 73.2 cm³/mol. The van der Waals surface area contributed by atoms with E-state index in [0.717, 1.165) is 28.1 Å². The van der Waals surface area contributed by atoms with Crippen molar-refractivity contribution in [1.29, 1.82) is 0 Å². The number of rotatable bonds is 3. The molecule has 19 heavy (non-hydrogen) atoms. The summed E-state index contributed by atoms with van der Waals surface area (Å²) < 4.78 is 11.0. The minimum absolute atomic E-state index is 0.409. The van der Waals surface area contributed by atoms with E-state index in [1.165, 1.54) is 0 Å². The molecule has 0 bridgehead atoms. The zero-order valence-electron chi connectivity index (χ0n) is 10.4. The topological polar surface area (TPSA) is 64.7 Å². The molecule has 1 aliphatic rings. The van der Waals surface area contributed by atoms with Gasteiger partial charge in [0.25, 0.3) is 0 Å². The first-order chi connectivity index (χ1) is 9.28. The molecular formula is C14H14BNO3. The monoisotopic (exact) mass is 255 g/mol. The van der Waals surface area contributed by atoms with Gasteiger partial charge in [0.2, 0.25) is 0 Å². The highest BCUT2D eigenvalue weighted by molar-refractivity contribution is 6.61. The van der Waals surface area contributed by atoms with Crippen LogP contribution in [0.3, 0.4) is 0 Å². The fraction of sp³-hybridized carbons (Fsp3) is 0.143. The molecule has 1 aliphatic heterocycles. The molecule has 0 radical (unpaired) electrons. The van der Waals surface area contributed by atoms with Crippen molar-refractivity contribution in [2.75, 3.05) is 0 Å². The molecule has 0 atom stereocenters. The van der Waals surface area contributed by atoms with Gasteiger partial charge in [0.05, 0.1) is 6.61 Å². The Labute approximate surface area is 111 Å². The van der Waals surface area contributed by atoms with Crippen LogP contribution in [0.4, 0.5) is 0 Å². The van der Waals surface area contributed by atoms with Crippen LogP contribution in [-0.2, 0) is 17.8 Å². The van der Waals surface area contributed by atoms with Crippen LogP contribution in [0.2, 0.25) is 0 Å². The molecule has 4 nitrogen and oxygen atoms in total. The van der Waals surface area contributed by atoms with E-state index in [2.05, 4.69) is 0 Å². The lowest BCUT2D eigenvalue weighted by Gasteiger charge is -2.10. The molecule has 96 valence electrons. The van der Waals surface area contributed by atoms with Crippen LogP contribution >= 0.6 is 0 Å². The first-order valence-corrected chi connectivity index (χ1v) is 6.16. The molecule has 0 saturated carbocycles. The van der Waals surface area contributed by atoms with Crippen LogP contribution in [0.25, 0.3) is 0 Å². The van der Waals surface area contributed by atoms with Crippen LogP contribution in [0, 0.1) is 0 Å². The van der Waals surface area contributed by atoms with E-state index < -0.39 is 7.12 Å². The summed E-state index contributed by atoms with van der Waals surface area (Å²) in [5, 5.41) is 9.56. The van der Waals surface area contributed by atoms with E-state index in [-0.39, 0.29) is 0 Å². The molecule has 2 aromatic rings. The number of hydrogen-bond donors (Lipinski definition) is 2. The molecular weight excluding hydrogens is 241 g/mol. The Kier molecular flexibility index (Phi) is 3.25. The molecule has 0 spiro atoms. The molecule has 0 saturated heterocycles. The average Bonchev–Trinajstić information content (AvgIpc) is 2.81. The van der Waals surface area contributed by atoms with E-state index in [1.807, 2.05) is 42.5 Å². The summed E-state index contributed by atoms with van der Waals surface area (Å²) in [6.07, 6.45) is 0. The molecule has 0 unspecified atom stereocenters. The maximum absolute atomic E-state index is 9.56. The van der Waals surface area contributed by atoms with E-state index in [1.54, 1.807) is 0 Å². The summed E-state index contributed by atoms with van der Waals surface area (Å²) in [6.45, 7) is 0.842. The second-order valence-electron chi connectivity index (χ2n) is 4.44. The Morgan fingerprint density at radius 1 is 1.26 bits per heavy atom. The van der Waals surface area contributed by atoms with Gasteiger partial charge in [-0.3, -0.25) is 0 Å². The van der Waals surface area contributed by atoms with Gasteiger partial charge in [-0.15, -0.1) is 0 Å². The smallest absolute Gasteiger partial charge is 0.457 e. The van der Waals surface area contributed by atoms with Gasteiger partial charge in [0.1, 0.15) is 11.5 Å².